The molecule has 5 aromatic rings. The lowest BCUT2D eigenvalue weighted by molar-refractivity contribution is -0.385. The highest BCUT2D eigenvalue weighted by Crippen LogP contribution is 2.36. The van der Waals surface area contributed by atoms with E-state index in [1.54, 1.807) is 36.4 Å². The summed E-state index contributed by atoms with van der Waals surface area (Å²) in [4.78, 5) is 29.1. The van der Waals surface area contributed by atoms with Crippen molar-refractivity contribution in [1.82, 2.24) is 9.66 Å². The molecule has 0 radical (unpaired) electrons. The van der Waals surface area contributed by atoms with Gasteiger partial charge in [0, 0.05) is 17.2 Å². The molecule has 188 valence electrons. The SMILES string of the molecule is O=c1c2ccccc2nc(-c2ccccc2)n1N=Cc1cc(Cl)c(OCc2ccc(F)cc2)c([N+](=O)[O-])c1. The Kier molecular flexibility index (Phi) is 6.92. The third kappa shape index (κ3) is 5.14. The molecule has 0 atom stereocenters. The van der Waals surface area contributed by atoms with Gasteiger partial charge in [-0.15, -0.1) is 0 Å². The first-order valence-electron chi connectivity index (χ1n) is 11.4. The molecule has 4 aromatic carbocycles. The van der Waals surface area contributed by atoms with E-state index < -0.39 is 16.3 Å². The van der Waals surface area contributed by atoms with E-state index in [0.717, 1.165) is 4.68 Å². The van der Waals surface area contributed by atoms with Gasteiger partial charge in [0.05, 0.1) is 27.1 Å². The number of nitro benzene ring substituents is 1. The van der Waals surface area contributed by atoms with Gasteiger partial charge >= 0.3 is 5.69 Å². The molecule has 0 spiro atoms. The summed E-state index contributed by atoms with van der Waals surface area (Å²) in [5.41, 5.74) is 1.29. The van der Waals surface area contributed by atoms with Gasteiger partial charge in [-0.25, -0.2) is 9.37 Å². The standard InChI is InChI=1S/C28H18ClFN4O4/c29-23-14-19(15-25(34(36)37)26(23)38-17-18-10-12-21(30)13-11-18)16-31-33-27(20-6-2-1-3-7-20)32-24-9-5-4-8-22(24)28(33)35/h1-16H,17H2. The van der Waals surface area contributed by atoms with E-state index in [1.807, 2.05) is 18.2 Å². The van der Waals surface area contributed by atoms with Crippen molar-refractivity contribution in [3.05, 3.63) is 133 Å². The number of hydrogen-bond donors (Lipinski definition) is 0. The maximum atomic E-state index is 13.3. The van der Waals surface area contributed by atoms with Crippen LogP contribution < -0.4 is 10.3 Å². The van der Waals surface area contributed by atoms with Crippen LogP contribution in [0.2, 0.25) is 5.02 Å². The van der Waals surface area contributed by atoms with Crippen molar-refractivity contribution in [3.63, 3.8) is 0 Å². The van der Waals surface area contributed by atoms with Gasteiger partial charge in [0.2, 0.25) is 5.75 Å². The first kappa shape index (κ1) is 24.8. The fourth-order valence-electron chi connectivity index (χ4n) is 3.82. The molecule has 8 nitrogen and oxygen atoms in total. The second-order valence-corrected chi connectivity index (χ2v) is 8.61. The number of fused-ring (bicyclic) bond motifs is 1. The molecule has 0 aliphatic carbocycles. The van der Waals surface area contributed by atoms with Crippen LogP contribution in [0.3, 0.4) is 0 Å². The minimum Gasteiger partial charge on any atom is -0.481 e. The van der Waals surface area contributed by atoms with Crippen molar-refractivity contribution in [2.24, 2.45) is 5.10 Å². The number of aromatic nitrogens is 2. The highest BCUT2D eigenvalue weighted by Gasteiger charge is 2.21. The van der Waals surface area contributed by atoms with Crippen LogP contribution in [0.1, 0.15) is 11.1 Å². The summed E-state index contributed by atoms with van der Waals surface area (Å²) in [5, 5.41) is 16.5. The molecule has 5 rings (SSSR count). The molecule has 1 aromatic heterocycles. The number of para-hydroxylation sites is 1. The van der Waals surface area contributed by atoms with Crippen LogP contribution in [-0.4, -0.2) is 20.8 Å². The van der Waals surface area contributed by atoms with Crippen molar-refractivity contribution in [2.45, 2.75) is 6.61 Å². The van der Waals surface area contributed by atoms with Crippen LogP contribution in [0.5, 0.6) is 5.75 Å². The number of nitro groups is 1. The number of nitrogens with zero attached hydrogens (tertiary/aromatic N) is 4. The predicted octanol–water partition coefficient (Wildman–Crippen LogP) is 6.23. The van der Waals surface area contributed by atoms with E-state index >= 15 is 0 Å². The van der Waals surface area contributed by atoms with E-state index in [4.69, 9.17) is 16.3 Å². The third-order valence-corrected chi connectivity index (χ3v) is 5.93. The summed E-state index contributed by atoms with van der Waals surface area (Å²) in [5.74, 6) is -0.226. The lowest BCUT2D eigenvalue weighted by atomic mass is 10.2. The fraction of sp³-hybridized carbons (Fsp3) is 0.0357. The van der Waals surface area contributed by atoms with Gasteiger partial charge in [0.1, 0.15) is 12.4 Å². The maximum absolute atomic E-state index is 13.3. The molecule has 0 bridgehead atoms. The molecular formula is C28H18ClFN4O4. The van der Waals surface area contributed by atoms with Crippen LogP contribution in [-0.2, 0) is 6.61 Å². The zero-order chi connectivity index (χ0) is 26.6. The number of benzene rings is 4. The maximum Gasteiger partial charge on any atom is 0.313 e. The number of hydrogen-bond acceptors (Lipinski definition) is 6. The first-order valence-corrected chi connectivity index (χ1v) is 11.8. The number of halogens is 2. The van der Waals surface area contributed by atoms with E-state index in [2.05, 4.69) is 10.1 Å². The molecule has 0 aliphatic heterocycles. The number of rotatable bonds is 7. The third-order valence-electron chi connectivity index (χ3n) is 5.65. The molecule has 0 saturated heterocycles. The fourth-order valence-corrected chi connectivity index (χ4v) is 4.10. The Morgan fingerprint density at radius 1 is 1.03 bits per heavy atom. The highest BCUT2D eigenvalue weighted by atomic mass is 35.5. The number of ether oxygens (including phenoxy) is 1. The summed E-state index contributed by atoms with van der Waals surface area (Å²) in [6.45, 7) is -0.0487. The molecule has 38 heavy (non-hydrogen) atoms. The molecule has 0 aliphatic rings. The van der Waals surface area contributed by atoms with E-state index in [1.165, 1.54) is 42.6 Å². The summed E-state index contributed by atoms with van der Waals surface area (Å²) < 4.78 is 19.9. The van der Waals surface area contributed by atoms with E-state index in [0.29, 0.717) is 27.9 Å². The second-order valence-electron chi connectivity index (χ2n) is 8.20. The largest absolute Gasteiger partial charge is 0.481 e. The zero-order valence-corrected chi connectivity index (χ0v) is 20.4. The zero-order valence-electron chi connectivity index (χ0n) is 19.6. The Morgan fingerprint density at radius 2 is 1.74 bits per heavy atom. The molecule has 10 heteroatoms. The Balaban J connectivity index is 1.54. The molecular weight excluding hydrogens is 511 g/mol. The van der Waals surface area contributed by atoms with Gasteiger partial charge in [-0.3, -0.25) is 14.9 Å². The van der Waals surface area contributed by atoms with E-state index in [9.17, 15) is 19.3 Å². The Labute approximate surface area is 220 Å². The van der Waals surface area contributed by atoms with Crippen molar-refractivity contribution in [2.75, 3.05) is 0 Å². The lowest BCUT2D eigenvalue weighted by Crippen LogP contribution is -2.20. The quantitative estimate of drug-likeness (QED) is 0.142. The molecule has 0 saturated carbocycles. The molecule has 0 fully saturated rings. The Hall–Kier alpha value is -4.89. The van der Waals surface area contributed by atoms with Crippen LogP contribution in [0.25, 0.3) is 22.3 Å². The van der Waals surface area contributed by atoms with Gasteiger partial charge < -0.3 is 4.74 Å². The van der Waals surface area contributed by atoms with Gasteiger partial charge in [-0.05, 0) is 35.9 Å². The van der Waals surface area contributed by atoms with Crippen molar-refractivity contribution < 1.29 is 14.1 Å². The predicted molar refractivity (Wildman–Crippen MR) is 143 cm³/mol. The van der Waals surface area contributed by atoms with Crippen LogP contribution >= 0.6 is 11.6 Å². The summed E-state index contributed by atoms with van der Waals surface area (Å²) in [6, 6.07) is 24.2. The van der Waals surface area contributed by atoms with Crippen molar-refractivity contribution >= 4 is 34.4 Å². The van der Waals surface area contributed by atoms with Crippen LogP contribution in [0.15, 0.2) is 101 Å². The molecule has 0 unspecified atom stereocenters. The van der Waals surface area contributed by atoms with Crippen LogP contribution in [0, 0.1) is 15.9 Å². The van der Waals surface area contributed by atoms with Crippen molar-refractivity contribution in [1.29, 1.82) is 0 Å². The normalized spacial score (nSPS) is 11.2. The average molecular weight is 529 g/mol. The monoisotopic (exact) mass is 528 g/mol. The molecule has 1 heterocycles. The minimum atomic E-state index is -0.623. The summed E-state index contributed by atoms with van der Waals surface area (Å²) >= 11 is 6.36. The first-order chi connectivity index (χ1) is 18.4. The van der Waals surface area contributed by atoms with Gasteiger partial charge in [0.15, 0.2) is 5.82 Å². The Morgan fingerprint density at radius 3 is 2.47 bits per heavy atom. The summed E-state index contributed by atoms with van der Waals surface area (Å²) in [6.07, 6.45) is 1.30. The minimum absolute atomic E-state index is 0.0185. The van der Waals surface area contributed by atoms with Gasteiger partial charge in [-0.2, -0.15) is 9.78 Å². The highest BCUT2D eigenvalue weighted by molar-refractivity contribution is 6.32. The molecule has 0 amide bonds. The summed E-state index contributed by atoms with van der Waals surface area (Å²) in [7, 11) is 0. The van der Waals surface area contributed by atoms with Gasteiger partial charge in [-0.1, -0.05) is 66.2 Å². The van der Waals surface area contributed by atoms with Gasteiger partial charge in [0.25, 0.3) is 5.56 Å². The van der Waals surface area contributed by atoms with Crippen LogP contribution in [0.4, 0.5) is 10.1 Å². The molecule has 0 N–H and O–H groups in total. The lowest BCUT2D eigenvalue weighted by Gasteiger charge is -2.11. The Bertz CT molecular complexity index is 1740. The average Bonchev–Trinajstić information content (AvgIpc) is 2.93. The second kappa shape index (κ2) is 10.6. The van der Waals surface area contributed by atoms with Crippen molar-refractivity contribution in [3.8, 4) is 17.1 Å². The van der Waals surface area contributed by atoms with E-state index in [-0.39, 0.29) is 28.6 Å². The topological polar surface area (TPSA) is 99.6 Å². The smallest absolute Gasteiger partial charge is 0.313 e.